The van der Waals surface area contributed by atoms with Crippen LogP contribution >= 0.6 is 12.8 Å². The van der Waals surface area contributed by atoms with Gasteiger partial charge in [-0.25, -0.2) is 9.59 Å². The molecule has 0 aliphatic rings. The Bertz CT molecular complexity index is 881. The van der Waals surface area contributed by atoms with Gasteiger partial charge in [-0.3, -0.25) is 9.10 Å². The Morgan fingerprint density at radius 1 is 1.00 bits per heavy atom. The minimum Gasteiger partial charge on any atom is -0.465 e. The van der Waals surface area contributed by atoms with Crippen molar-refractivity contribution in [1.82, 2.24) is 4.31 Å². The van der Waals surface area contributed by atoms with E-state index in [1.54, 1.807) is 32.0 Å². The zero-order valence-electron chi connectivity index (χ0n) is 16.1. The van der Waals surface area contributed by atoms with Crippen molar-refractivity contribution in [3.05, 3.63) is 59.7 Å². The SMILES string of the molecule is COC(=O)c1ccc(NC(=O)N(S)C(C)(C)C(=O)Nc2ccccc2C)cc1. The standard InChI is InChI=1S/C20H23N3O4S/c1-13-7-5-6-8-16(13)22-18(25)20(2,3)23(28)19(26)21-15-11-9-14(10-12-15)17(24)27-4/h5-12,28H,1-4H3,(H,21,26)(H,22,25). The van der Waals surface area contributed by atoms with Crippen molar-refractivity contribution in [1.29, 1.82) is 0 Å². The number of hydrogen-bond acceptors (Lipinski definition) is 5. The fourth-order valence-electron chi connectivity index (χ4n) is 2.32. The van der Waals surface area contributed by atoms with Crippen LogP contribution in [0.15, 0.2) is 48.5 Å². The van der Waals surface area contributed by atoms with Crippen molar-refractivity contribution in [2.75, 3.05) is 17.7 Å². The molecule has 0 aliphatic heterocycles. The van der Waals surface area contributed by atoms with E-state index in [1.807, 2.05) is 25.1 Å². The molecule has 0 spiro atoms. The van der Waals surface area contributed by atoms with Gasteiger partial charge < -0.3 is 15.4 Å². The van der Waals surface area contributed by atoms with E-state index in [0.29, 0.717) is 16.9 Å². The summed E-state index contributed by atoms with van der Waals surface area (Å²) in [7, 11) is 1.29. The molecular weight excluding hydrogens is 378 g/mol. The summed E-state index contributed by atoms with van der Waals surface area (Å²) >= 11 is 4.22. The lowest BCUT2D eigenvalue weighted by atomic mass is 10.0. The molecule has 0 heterocycles. The van der Waals surface area contributed by atoms with Crippen molar-refractivity contribution >= 4 is 42.1 Å². The Labute approximate surface area is 169 Å². The first-order valence-electron chi connectivity index (χ1n) is 8.52. The number of carbonyl (C=O) groups is 3. The number of esters is 1. The minimum absolute atomic E-state index is 0.362. The molecule has 7 nitrogen and oxygen atoms in total. The minimum atomic E-state index is -1.23. The highest BCUT2D eigenvalue weighted by Gasteiger charge is 2.36. The van der Waals surface area contributed by atoms with Gasteiger partial charge in [-0.15, -0.1) is 0 Å². The van der Waals surface area contributed by atoms with Crippen LogP contribution in [-0.4, -0.2) is 34.9 Å². The Morgan fingerprint density at radius 2 is 1.61 bits per heavy atom. The average Bonchev–Trinajstić information content (AvgIpc) is 2.68. The van der Waals surface area contributed by atoms with Gasteiger partial charge in [-0.05, 0) is 56.7 Å². The van der Waals surface area contributed by atoms with Crippen molar-refractivity contribution in [3.63, 3.8) is 0 Å². The number of nitrogens with one attached hydrogen (secondary N) is 2. The smallest absolute Gasteiger partial charge is 0.337 e. The topological polar surface area (TPSA) is 87.7 Å². The summed E-state index contributed by atoms with van der Waals surface area (Å²) in [5.74, 6) is -0.851. The monoisotopic (exact) mass is 401 g/mol. The zero-order chi connectivity index (χ0) is 20.9. The number of thiol groups is 1. The predicted octanol–water partition coefficient (Wildman–Crippen LogP) is 3.88. The molecule has 0 atom stereocenters. The molecule has 2 rings (SSSR count). The number of methoxy groups -OCH3 is 1. The van der Waals surface area contributed by atoms with Crippen LogP contribution in [0.2, 0.25) is 0 Å². The van der Waals surface area contributed by atoms with Crippen LogP contribution in [-0.2, 0) is 9.53 Å². The summed E-state index contributed by atoms with van der Waals surface area (Å²) < 4.78 is 5.66. The highest BCUT2D eigenvalue weighted by molar-refractivity contribution is 7.78. The van der Waals surface area contributed by atoms with Crippen molar-refractivity contribution < 1.29 is 19.1 Å². The van der Waals surface area contributed by atoms with E-state index in [1.165, 1.54) is 19.2 Å². The van der Waals surface area contributed by atoms with E-state index in [9.17, 15) is 14.4 Å². The third kappa shape index (κ3) is 4.83. The summed E-state index contributed by atoms with van der Waals surface area (Å²) in [6.07, 6.45) is 0. The van der Waals surface area contributed by atoms with Gasteiger partial charge in [0.2, 0.25) is 0 Å². The van der Waals surface area contributed by atoms with Crippen LogP contribution in [0.4, 0.5) is 16.2 Å². The van der Waals surface area contributed by atoms with E-state index in [-0.39, 0.29) is 5.91 Å². The zero-order valence-corrected chi connectivity index (χ0v) is 17.0. The second-order valence-corrected chi connectivity index (χ2v) is 7.04. The summed E-state index contributed by atoms with van der Waals surface area (Å²) in [4.78, 5) is 36.7. The van der Waals surface area contributed by atoms with Crippen molar-refractivity contribution in [3.8, 4) is 0 Å². The lowest BCUT2D eigenvalue weighted by Gasteiger charge is -2.32. The predicted molar refractivity (Wildman–Crippen MR) is 112 cm³/mol. The number of aryl methyl sites for hydroxylation is 1. The lowest BCUT2D eigenvalue weighted by molar-refractivity contribution is -0.122. The Morgan fingerprint density at radius 3 is 2.18 bits per heavy atom. The van der Waals surface area contributed by atoms with Crippen LogP contribution in [0.3, 0.4) is 0 Å². The number of rotatable bonds is 5. The fourth-order valence-corrected chi connectivity index (χ4v) is 2.46. The van der Waals surface area contributed by atoms with Gasteiger partial charge in [0, 0.05) is 11.4 Å². The van der Waals surface area contributed by atoms with Crippen LogP contribution in [0, 0.1) is 6.92 Å². The molecule has 28 heavy (non-hydrogen) atoms. The Balaban J connectivity index is 2.06. The van der Waals surface area contributed by atoms with Crippen LogP contribution in [0.1, 0.15) is 29.8 Å². The van der Waals surface area contributed by atoms with Gasteiger partial charge in [0.1, 0.15) is 5.54 Å². The molecule has 0 saturated heterocycles. The molecule has 0 aliphatic carbocycles. The number of hydrogen-bond donors (Lipinski definition) is 3. The molecule has 2 aromatic carbocycles. The number of carbonyl (C=O) groups excluding carboxylic acids is 3. The maximum absolute atomic E-state index is 12.7. The van der Waals surface area contributed by atoms with Crippen LogP contribution in [0.5, 0.6) is 0 Å². The molecule has 0 fully saturated rings. The number of anilines is 2. The lowest BCUT2D eigenvalue weighted by Crippen LogP contribution is -2.52. The largest absolute Gasteiger partial charge is 0.465 e. The normalized spacial score (nSPS) is 10.8. The van der Waals surface area contributed by atoms with E-state index in [2.05, 4.69) is 28.2 Å². The molecule has 0 radical (unpaired) electrons. The highest BCUT2D eigenvalue weighted by atomic mass is 32.1. The van der Waals surface area contributed by atoms with Gasteiger partial charge in [0.15, 0.2) is 0 Å². The van der Waals surface area contributed by atoms with E-state index in [0.717, 1.165) is 9.87 Å². The summed E-state index contributed by atoms with van der Waals surface area (Å²) in [6, 6.07) is 13.0. The van der Waals surface area contributed by atoms with Crippen molar-refractivity contribution in [2.45, 2.75) is 26.3 Å². The van der Waals surface area contributed by atoms with Crippen LogP contribution in [0.25, 0.3) is 0 Å². The second kappa shape index (κ2) is 8.79. The highest BCUT2D eigenvalue weighted by Crippen LogP contribution is 2.23. The fraction of sp³-hybridized carbons (Fsp3) is 0.250. The number of benzene rings is 2. The Kier molecular flexibility index (Phi) is 6.69. The first-order chi connectivity index (χ1) is 13.2. The van der Waals surface area contributed by atoms with Gasteiger partial charge in [-0.2, -0.15) is 0 Å². The maximum Gasteiger partial charge on any atom is 0.337 e. The number of ether oxygens (including phenoxy) is 1. The summed E-state index contributed by atoms with van der Waals surface area (Å²) in [5, 5.41) is 5.46. The van der Waals surface area contributed by atoms with Gasteiger partial charge in [0.25, 0.3) is 5.91 Å². The average molecular weight is 401 g/mol. The van der Waals surface area contributed by atoms with E-state index < -0.39 is 17.5 Å². The third-order valence-corrected chi connectivity index (χ3v) is 4.91. The first kappa shape index (κ1) is 21.3. The molecule has 0 saturated carbocycles. The number of para-hydroxylation sites is 1. The summed E-state index contributed by atoms with van der Waals surface area (Å²) in [5.41, 5.74) is 1.16. The maximum atomic E-state index is 12.7. The molecule has 8 heteroatoms. The van der Waals surface area contributed by atoms with Gasteiger partial charge >= 0.3 is 12.0 Å². The summed E-state index contributed by atoms with van der Waals surface area (Å²) in [6.45, 7) is 5.06. The first-order valence-corrected chi connectivity index (χ1v) is 8.92. The van der Waals surface area contributed by atoms with E-state index >= 15 is 0 Å². The van der Waals surface area contributed by atoms with Crippen LogP contribution < -0.4 is 10.6 Å². The van der Waals surface area contributed by atoms with Gasteiger partial charge in [-0.1, -0.05) is 31.0 Å². The molecule has 0 aromatic heterocycles. The van der Waals surface area contributed by atoms with Crippen molar-refractivity contribution in [2.24, 2.45) is 0 Å². The Hall–Kier alpha value is -3.00. The third-order valence-electron chi connectivity index (χ3n) is 4.23. The quantitative estimate of drug-likeness (QED) is 0.524. The number of urea groups is 1. The molecular formula is C20H23N3O4S. The molecule has 2 aromatic rings. The number of amides is 3. The molecule has 3 amide bonds. The molecule has 0 bridgehead atoms. The molecule has 0 unspecified atom stereocenters. The van der Waals surface area contributed by atoms with Gasteiger partial charge in [0.05, 0.1) is 12.7 Å². The molecule has 148 valence electrons. The second-order valence-electron chi connectivity index (χ2n) is 6.64. The molecule has 2 N–H and O–H groups in total. The number of nitrogens with zero attached hydrogens (tertiary/aromatic N) is 1. The van der Waals surface area contributed by atoms with E-state index in [4.69, 9.17) is 0 Å².